The van der Waals surface area contributed by atoms with Gasteiger partial charge in [-0.2, -0.15) is 0 Å². The van der Waals surface area contributed by atoms with Crippen LogP contribution < -0.4 is 0 Å². The van der Waals surface area contributed by atoms with Crippen LogP contribution in [0.2, 0.25) is 0 Å². The van der Waals surface area contributed by atoms with Gasteiger partial charge in [0.1, 0.15) is 0 Å². The van der Waals surface area contributed by atoms with Gasteiger partial charge in [0.15, 0.2) is 15.5 Å². The highest BCUT2D eigenvalue weighted by Gasteiger charge is 2.32. The minimum absolute atomic E-state index is 0.204. The molecule has 0 radical (unpaired) electrons. The van der Waals surface area contributed by atoms with Crippen molar-refractivity contribution < 1.29 is 4.79 Å². The Morgan fingerprint density at radius 3 is 1.69 bits per heavy atom. The molecule has 0 fully saturated rings. The maximum absolute atomic E-state index is 13.0. The van der Waals surface area contributed by atoms with Crippen LogP contribution in [0.5, 0.6) is 0 Å². The van der Waals surface area contributed by atoms with Gasteiger partial charge in [0.05, 0.1) is 10.9 Å². The molecule has 3 aromatic rings. The zero-order valence-electron chi connectivity index (χ0n) is 15.9. The molecule has 0 N–H and O–H groups in total. The van der Waals surface area contributed by atoms with Crippen molar-refractivity contribution in [2.24, 2.45) is 0 Å². The third-order valence-corrected chi connectivity index (χ3v) is 7.51. The summed E-state index contributed by atoms with van der Waals surface area (Å²) in [6, 6.07) is 22.5. The average molecular weight is 362 g/mol. The van der Waals surface area contributed by atoms with E-state index in [1.807, 2.05) is 30.3 Å². The molecular weight excluding hydrogens is 336 g/mol. The summed E-state index contributed by atoms with van der Waals surface area (Å²) in [4.78, 5) is 15.6. The fourth-order valence-corrected chi connectivity index (χ4v) is 5.62. The lowest BCUT2D eigenvalue weighted by atomic mass is 10.1. The van der Waals surface area contributed by atoms with Crippen LogP contribution in [0.1, 0.15) is 32.6 Å². The largest absolute Gasteiger partial charge is 0.289 e. The van der Waals surface area contributed by atoms with Gasteiger partial charge in [-0.15, -0.1) is 0 Å². The molecule has 1 nitrogen and oxygen atoms in total. The topological polar surface area (TPSA) is 17.1 Å². The molecule has 0 heterocycles. The van der Waals surface area contributed by atoms with Crippen molar-refractivity contribution in [2.45, 2.75) is 37.5 Å². The summed E-state index contributed by atoms with van der Waals surface area (Å²) >= 11 is 0. The quantitative estimate of drug-likeness (QED) is 0.412. The number of ketones is 1. The van der Waals surface area contributed by atoms with E-state index in [2.05, 4.69) is 64.1 Å². The van der Waals surface area contributed by atoms with Crippen LogP contribution in [0.4, 0.5) is 0 Å². The van der Waals surface area contributed by atoms with Gasteiger partial charge in [0.2, 0.25) is 5.78 Å². The molecule has 0 unspecified atom stereocenters. The number of hydrogen-bond donors (Lipinski definition) is 0. The Morgan fingerprint density at radius 2 is 1.19 bits per heavy atom. The fourth-order valence-electron chi connectivity index (χ4n) is 3.09. The van der Waals surface area contributed by atoms with Crippen molar-refractivity contribution in [1.82, 2.24) is 0 Å². The summed E-state index contributed by atoms with van der Waals surface area (Å²) in [6.45, 7) is 8.62. The van der Waals surface area contributed by atoms with Gasteiger partial charge < -0.3 is 0 Å². The molecule has 0 aliphatic carbocycles. The van der Waals surface area contributed by atoms with Crippen molar-refractivity contribution in [2.75, 3.05) is 5.75 Å². The Hall–Kier alpha value is -2.32. The van der Waals surface area contributed by atoms with Gasteiger partial charge in [-0.3, -0.25) is 4.79 Å². The summed E-state index contributed by atoms with van der Waals surface area (Å²) in [6.07, 6.45) is 0. The van der Waals surface area contributed by atoms with Crippen LogP contribution >= 0.6 is 0 Å². The molecule has 0 aliphatic heterocycles. The Labute approximate surface area is 159 Å². The number of aryl methyl sites for hydroxylation is 2. The molecule has 2 heteroatoms. The third kappa shape index (κ3) is 3.76. The minimum Gasteiger partial charge on any atom is -0.289 e. The zero-order valence-corrected chi connectivity index (χ0v) is 16.7. The predicted octanol–water partition coefficient (Wildman–Crippen LogP) is 5.84. The van der Waals surface area contributed by atoms with Crippen LogP contribution in [0, 0.1) is 27.7 Å². The molecule has 3 rings (SSSR count). The van der Waals surface area contributed by atoms with Crippen LogP contribution in [0.15, 0.2) is 76.5 Å². The first-order chi connectivity index (χ1) is 12.5. The van der Waals surface area contributed by atoms with E-state index in [1.165, 1.54) is 32.0 Å². The Bertz CT molecular complexity index is 877. The van der Waals surface area contributed by atoms with Crippen LogP contribution in [-0.4, -0.2) is 11.5 Å². The van der Waals surface area contributed by atoms with Gasteiger partial charge in [0, 0.05) is 16.7 Å². The average Bonchev–Trinajstić information content (AvgIpc) is 2.65. The molecule has 0 aromatic heterocycles. The Morgan fingerprint density at radius 1 is 0.692 bits per heavy atom. The second-order valence-electron chi connectivity index (χ2n) is 6.72. The van der Waals surface area contributed by atoms with Crippen molar-refractivity contribution in [3.8, 4) is 0 Å². The van der Waals surface area contributed by atoms with Gasteiger partial charge >= 0.3 is 0 Å². The molecule has 3 aromatic carbocycles. The second-order valence-corrected chi connectivity index (χ2v) is 8.67. The monoisotopic (exact) mass is 361 g/mol. The van der Waals surface area contributed by atoms with Gasteiger partial charge in [0.25, 0.3) is 0 Å². The molecule has 0 saturated heterocycles. The van der Waals surface area contributed by atoms with Gasteiger partial charge in [-0.1, -0.05) is 54.6 Å². The molecule has 0 saturated carbocycles. The molecular formula is C24H25OS+. The normalized spacial score (nSPS) is 11.0. The second kappa shape index (κ2) is 7.92. The van der Waals surface area contributed by atoms with Gasteiger partial charge in [-0.05, 0) is 51.0 Å². The highest BCUT2D eigenvalue weighted by molar-refractivity contribution is 7.97. The lowest BCUT2D eigenvalue weighted by Crippen LogP contribution is -2.19. The van der Waals surface area contributed by atoms with E-state index >= 15 is 0 Å². The van der Waals surface area contributed by atoms with Gasteiger partial charge in [-0.25, -0.2) is 0 Å². The molecule has 0 aliphatic rings. The van der Waals surface area contributed by atoms with Crippen molar-refractivity contribution in [3.05, 3.63) is 94.5 Å². The first-order valence-electron chi connectivity index (χ1n) is 8.90. The van der Waals surface area contributed by atoms with E-state index in [1.54, 1.807) is 0 Å². The molecule has 0 spiro atoms. The van der Waals surface area contributed by atoms with E-state index < -0.39 is 0 Å². The summed E-state index contributed by atoms with van der Waals surface area (Å²) in [5.41, 5.74) is 5.92. The molecule has 26 heavy (non-hydrogen) atoms. The van der Waals surface area contributed by atoms with E-state index in [0.29, 0.717) is 5.75 Å². The van der Waals surface area contributed by atoms with E-state index in [4.69, 9.17) is 0 Å². The number of carbonyl (C=O) groups is 1. The number of rotatable bonds is 5. The summed E-state index contributed by atoms with van der Waals surface area (Å²) in [5, 5.41) is 0. The van der Waals surface area contributed by atoms with E-state index in [9.17, 15) is 4.79 Å². The molecule has 0 atom stereocenters. The zero-order chi connectivity index (χ0) is 18.7. The summed E-state index contributed by atoms with van der Waals surface area (Å²) in [7, 11) is -0.275. The molecule has 0 bridgehead atoms. The van der Waals surface area contributed by atoms with Crippen molar-refractivity contribution >= 4 is 16.7 Å². The van der Waals surface area contributed by atoms with Crippen molar-refractivity contribution in [3.63, 3.8) is 0 Å². The van der Waals surface area contributed by atoms with Crippen molar-refractivity contribution in [1.29, 1.82) is 0 Å². The highest BCUT2D eigenvalue weighted by atomic mass is 32.2. The maximum atomic E-state index is 13.0. The number of hydrogen-bond acceptors (Lipinski definition) is 1. The number of carbonyl (C=O) groups excluding carboxylic acids is 1. The lowest BCUT2D eigenvalue weighted by molar-refractivity contribution is 0.102. The molecule has 132 valence electrons. The first kappa shape index (κ1) is 18.5. The summed E-state index contributed by atoms with van der Waals surface area (Å²) in [5.74, 6) is 0.717. The lowest BCUT2D eigenvalue weighted by Gasteiger charge is -2.14. The molecule has 0 amide bonds. The van der Waals surface area contributed by atoms with E-state index in [-0.39, 0.29) is 16.7 Å². The first-order valence-corrected chi connectivity index (χ1v) is 10.3. The van der Waals surface area contributed by atoms with Crippen LogP contribution in [-0.2, 0) is 10.9 Å². The van der Waals surface area contributed by atoms with E-state index in [0.717, 1.165) is 5.56 Å². The fraction of sp³-hybridized carbons (Fsp3) is 0.208. The Kier molecular flexibility index (Phi) is 5.63. The highest BCUT2D eigenvalue weighted by Crippen LogP contribution is 2.31. The Balaban J connectivity index is 2.09. The smallest absolute Gasteiger partial charge is 0.212 e. The number of Topliss-reactive ketones (excluding diaryl/α,β-unsaturated/α-hetero) is 1. The SMILES string of the molecule is Cc1cccc([S+](CC(=O)c2ccccc2)c2cccc(C)c2C)c1C. The van der Waals surface area contributed by atoms with Crippen LogP contribution in [0.3, 0.4) is 0 Å². The standard InChI is InChI=1S/C24H25OS/c1-17-10-8-14-23(19(17)3)26(24-15-9-11-18(2)20(24)4)16-22(25)21-12-6-5-7-13-21/h5-15H,16H2,1-4H3/q+1. The predicted molar refractivity (Wildman–Crippen MR) is 111 cm³/mol. The third-order valence-electron chi connectivity index (χ3n) is 5.01. The number of benzene rings is 3. The maximum Gasteiger partial charge on any atom is 0.212 e. The summed E-state index contributed by atoms with van der Waals surface area (Å²) < 4.78 is 0. The minimum atomic E-state index is -0.275. The van der Waals surface area contributed by atoms with Crippen LogP contribution in [0.25, 0.3) is 0 Å².